The summed E-state index contributed by atoms with van der Waals surface area (Å²) in [5.41, 5.74) is 6.40. The van der Waals surface area contributed by atoms with Gasteiger partial charge in [0.05, 0.1) is 5.54 Å². The number of benzene rings is 1. The van der Waals surface area contributed by atoms with Gasteiger partial charge in [0.15, 0.2) is 0 Å². The number of nitrogens with one attached hydrogen (secondary N) is 1. The summed E-state index contributed by atoms with van der Waals surface area (Å²) < 4.78 is 0. The maximum absolute atomic E-state index is 11.9. The molecule has 2 atom stereocenters. The lowest BCUT2D eigenvalue weighted by atomic mass is 9.96. The predicted molar refractivity (Wildman–Crippen MR) is 84.9 cm³/mol. The van der Waals surface area contributed by atoms with E-state index in [2.05, 4.69) is 50.4 Å². The summed E-state index contributed by atoms with van der Waals surface area (Å²) in [6, 6.07) is 8.79. The molecule has 3 nitrogen and oxygen atoms in total. The van der Waals surface area contributed by atoms with Crippen LogP contribution in [0.15, 0.2) is 29.2 Å². The third-order valence-corrected chi connectivity index (χ3v) is 5.06. The van der Waals surface area contributed by atoms with Crippen molar-refractivity contribution in [3.05, 3.63) is 29.8 Å². The zero-order valence-corrected chi connectivity index (χ0v) is 13.3. The smallest absolute Gasteiger partial charge is 0.237 e. The Balaban J connectivity index is 2.05. The van der Waals surface area contributed by atoms with Crippen LogP contribution in [0.25, 0.3) is 0 Å². The van der Waals surface area contributed by atoms with Crippen LogP contribution in [0.4, 0.5) is 0 Å². The Morgan fingerprint density at radius 3 is 2.85 bits per heavy atom. The monoisotopic (exact) mass is 292 g/mol. The van der Waals surface area contributed by atoms with E-state index in [1.54, 1.807) is 0 Å². The molecule has 110 valence electrons. The summed E-state index contributed by atoms with van der Waals surface area (Å²) >= 11 is 1.86. The van der Waals surface area contributed by atoms with E-state index >= 15 is 0 Å². The van der Waals surface area contributed by atoms with Crippen molar-refractivity contribution in [2.75, 3.05) is 0 Å². The van der Waals surface area contributed by atoms with Gasteiger partial charge in [-0.2, -0.15) is 0 Å². The van der Waals surface area contributed by atoms with E-state index in [4.69, 9.17) is 5.73 Å². The molecule has 1 amide bonds. The first-order valence-electron chi connectivity index (χ1n) is 7.22. The largest absolute Gasteiger partial charge is 0.368 e. The second-order valence-corrected chi connectivity index (χ2v) is 7.42. The molecule has 1 aromatic rings. The number of thioether (sulfide) groups is 1. The number of aryl methyl sites for hydroxylation is 1. The molecule has 1 fully saturated rings. The van der Waals surface area contributed by atoms with Crippen LogP contribution in [0.5, 0.6) is 0 Å². The molecule has 0 radical (unpaired) electrons. The number of primary amides is 1. The number of rotatable bonds is 5. The van der Waals surface area contributed by atoms with Gasteiger partial charge in [0.25, 0.3) is 0 Å². The van der Waals surface area contributed by atoms with Gasteiger partial charge < -0.3 is 11.1 Å². The normalized spacial score (nSPS) is 26.1. The number of hydrogen-bond donors (Lipinski definition) is 2. The highest BCUT2D eigenvalue weighted by atomic mass is 32.2. The van der Waals surface area contributed by atoms with Crippen molar-refractivity contribution in [1.82, 2.24) is 5.32 Å². The molecular formula is C16H24N2OS. The fourth-order valence-corrected chi connectivity index (χ4v) is 4.36. The van der Waals surface area contributed by atoms with E-state index in [-0.39, 0.29) is 11.9 Å². The van der Waals surface area contributed by atoms with Gasteiger partial charge in [0, 0.05) is 16.2 Å². The summed E-state index contributed by atoms with van der Waals surface area (Å²) in [5, 5.41) is 3.85. The van der Waals surface area contributed by atoms with Crippen LogP contribution in [0.3, 0.4) is 0 Å². The Morgan fingerprint density at radius 2 is 2.25 bits per heavy atom. The molecule has 0 spiro atoms. The van der Waals surface area contributed by atoms with Crippen molar-refractivity contribution >= 4 is 17.7 Å². The van der Waals surface area contributed by atoms with E-state index in [1.807, 2.05) is 11.8 Å². The van der Waals surface area contributed by atoms with Gasteiger partial charge in [-0.25, -0.2) is 0 Å². The van der Waals surface area contributed by atoms with Gasteiger partial charge in [-0.05, 0) is 52.2 Å². The average Bonchev–Trinajstić information content (AvgIpc) is 2.72. The lowest BCUT2D eigenvalue weighted by molar-refractivity contribution is -0.124. The lowest BCUT2D eigenvalue weighted by Crippen LogP contribution is -2.56. The fraction of sp³-hybridized carbons (Fsp3) is 0.562. The molecule has 0 heterocycles. The second-order valence-electron chi connectivity index (χ2n) is 6.04. The molecule has 0 aromatic heterocycles. The number of carbonyl (C=O) groups is 1. The van der Waals surface area contributed by atoms with E-state index in [0.29, 0.717) is 5.25 Å². The summed E-state index contributed by atoms with van der Waals surface area (Å²) in [4.78, 5) is 13.1. The topological polar surface area (TPSA) is 55.1 Å². The van der Waals surface area contributed by atoms with E-state index in [0.717, 1.165) is 19.3 Å². The van der Waals surface area contributed by atoms with Gasteiger partial charge in [-0.3, -0.25) is 4.79 Å². The zero-order valence-electron chi connectivity index (χ0n) is 12.5. The number of amides is 1. The summed E-state index contributed by atoms with van der Waals surface area (Å²) in [6.07, 6.45) is 2.68. The van der Waals surface area contributed by atoms with Crippen molar-refractivity contribution in [2.24, 2.45) is 5.73 Å². The molecule has 1 aromatic carbocycles. The minimum absolute atomic E-state index is 0.210. The molecule has 0 aliphatic heterocycles. The zero-order chi connectivity index (χ0) is 14.8. The SMILES string of the molecule is Cc1cccc(SC2CCC(NC(C)C)(C(N)=O)C2)c1. The lowest BCUT2D eigenvalue weighted by Gasteiger charge is -2.29. The van der Waals surface area contributed by atoms with Gasteiger partial charge in [0.1, 0.15) is 0 Å². The van der Waals surface area contributed by atoms with Crippen molar-refractivity contribution < 1.29 is 4.79 Å². The van der Waals surface area contributed by atoms with Crippen LogP contribution in [0.1, 0.15) is 38.7 Å². The van der Waals surface area contributed by atoms with Gasteiger partial charge >= 0.3 is 0 Å². The summed E-state index contributed by atoms with van der Waals surface area (Å²) in [7, 11) is 0. The first kappa shape index (κ1) is 15.4. The molecule has 0 bridgehead atoms. The summed E-state index contributed by atoms with van der Waals surface area (Å²) in [5.74, 6) is -0.210. The van der Waals surface area contributed by atoms with Crippen LogP contribution in [-0.2, 0) is 4.79 Å². The molecule has 0 saturated heterocycles. The van der Waals surface area contributed by atoms with E-state index in [1.165, 1.54) is 10.5 Å². The minimum Gasteiger partial charge on any atom is -0.368 e. The molecule has 1 aliphatic rings. The first-order valence-corrected chi connectivity index (χ1v) is 8.10. The maximum atomic E-state index is 11.9. The standard InChI is InChI=1S/C16H24N2OS/c1-11(2)18-16(15(17)19)8-7-14(10-16)20-13-6-4-5-12(3)9-13/h4-6,9,11,14,18H,7-8,10H2,1-3H3,(H2,17,19). The molecule has 2 unspecified atom stereocenters. The highest BCUT2D eigenvalue weighted by molar-refractivity contribution is 8.00. The minimum atomic E-state index is -0.518. The molecule has 4 heteroatoms. The van der Waals surface area contributed by atoms with Crippen LogP contribution in [-0.4, -0.2) is 22.7 Å². The van der Waals surface area contributed by atoms with Crippen molar-refractivity contribution in [3.63, 3.8) is 0 Å². The van der Waals surface area contributed by atoms with Crippen molar-refractivity contribution in [1.29, 1.82) is 0 Å². The third kappa shape index (κ3) is 3.55. The Bertz CT molecular complexity index is 489. The molecule has 3 N–H and O–H groups in total. The van der Waals surface area contributed by atoms with Crippen molar-refractivity contribution in [3.8, 4) is 0 Å². The van der Waals surface area contributed by atoms with Crippen LogP contribution in [0.2, 0.25) is 0 Å². The molecule has 2 rings (SSSR count). The Kier molecular flexibility index (Phi) is 4.76. The number of hydrogen-bond acceptors (Lipinski definition) is 3. The van der Waals surface area contributed by atoms with Crippen LogP contribution in [0, 0.1) is 6.92 Å². The highest BCUT2D eigenvalue weighted by Gasteiger charge is 2.44. The number of nitrogens with two attached hydrogens (primary N) is 1. The number of carbonyl (C=O) groups excluding carboxylic acids is 1. The molecule has 20 heavy (non-hydrogen) atoms. The van der Waals surface area contributed by atoms with Gasteiger partial charge in [-0.15, -0.1) is 11.8 Å². The fourth-order valence-electron chi connectivity index (χ4n) is 2.96. The maximum Gasteiger partial charge on any atom is 0.237 e. The quantitative estimate of drug-likeness (QED) is 0.877. The first-order chi connectivity index (χ1) is 9.41. The Morgan fingerprint density at radius 1 is 1.50 bits per heavy atom. The second kappa shape index (κ2) is 6.19. The predicted octanol–water partition coefficient (Wildman–Crippen LogP) is 2.86. The van der Waals surface area contributed by atoms with E-state index < -0.39 is 5.54 Å². The van der Waals surface area contributed by atoms with Crippen molar-refractivity contribution in [2.45, 2.75) is 61.8 Å². The average molecular weight is 292 g/mol. The van der Waals surface area contributed by atoms with E-state index in [9.17, 15) is 4.79 Å². The molecule has 1 aliphatic carbocycles. The molecular weight excluding hydrogens is 268 g/mol. The van der Waals surface area contributed by atoms with Gasteiger partial charge in [0.2, 0.25) is 5.91 Å². The third-order valence-electron chi connectivity index (χ3n) is 3.80. The van der Waals surface area contributed by atoms with Crippen LogP contribution >= 0.6 is 11.8 Å². The van der Waals surface area contributed by atoms with Crippen LogP contribution < -0.4 is 11.1 Å². The Hall–Kier alpha value is -1.00. The summed E-state index contributed by atoms with van der Waals surface area (Å²) in [6.45, 7) is 6.23. The van der Waals surface area contributed by atoms with Gasteiger partial charge in [-0.1, -0.05) is 17.7 Å². The highest BCUT2D eigenvalue weighted by Crippen LogP contribution is 2.40. The Labute approximate surface area is 125 Å². The molecule has 1 saturated carbocycles.